The molecule has 0 aliphatic heterocycles. The SMILES string of the molecule is Cn1nc(-c2cnc3ccnn3c2)cc1C(=O)O. The minimum absolute atomic E-state index is 0.130. The Kier molecular flexibility index (Phi) is 2.12. The van der Waals surface area contributed by atoms with E-state index in [1.54, 1.807) is 36.2 Å². The van der Waals surface area contributed by atoms with Crippen LogP contribution in [0.25, 0.3) is 16.9 Å². The second kappa shape index (κ2) is 3.66. The lowest BCUT2D eigenvalue weighted by atomic mass is 10.2. The minimum Gasteiger partial charge on any atom is -0.477 e. The number of aromatic nitrogens is 5. The van der Waals surface area contributed by atoms with E-state index in [9.17, 15) is 4.79 Å². The van der Waals surface area contributed by atoms with Gasteiger partial charge in [0.2, 0.25) is 0 Å². The van der Waals surface area contributed by atoms with Gasteiger partial charge in [-0.05, 0) is 6.07 Å². The number of aryl methyl sites for hydroxylation is 1. The van der Waals surface area contributed by atoms with Gasteiger partial charge >= 0.3 is 5.97 Å². The molecule has 7 heteroatoms. The van der Waals surface area contributed by atoms with Gasteiger partial charge in [0.15, 0.2) is 5.65 Å². The number of hydrogen-bond acceptors (Lipinski definition) is 4. The van der Waals surface area contributed by atoms with Gasteiger partial charge < -0.3 is 5.11 Å². The molecule has 3 aromatic heterocycles. The first-order valence-electron chi connectivity index (χ1n) is 5.22. The van der Waals surface area contributed by atoms with Crippen LogP contribution in [0.1, 0.15) is 10.5 Å². The molecule has 0 saturated heterocycles. The average molecular weight is 243 g/mol. The molecular weight excluding hydrogens is 234 g/mol. The summed E-state index contributed by atoms with van der Waals surface area (Å²) in [4.78, 5) is 15.1. The molecule has 0 aliphatic carbocycles. The Balaban J connectivity index is 2.13. The Morgan fingerprint density at radius 2 is 2.28 bits per heavy atom. The van der Waals surface area contributed by atoms with Gasteiger partial charge in [0.25, 0.3) is 0 Å². The van der Waals surface area contributed by atoms with Gasteiger partial charge in [0.1, 0.15) is 5.69 Å². The van der Waals surface area contributed by atoms with Crippen LogP contribution < -0.4 is 0 Å². The molecule has 3 rings (SSSR count). The van der Waals surface area contributed by atoms with Gasteiger partial charge in [-0.3, -0.25) is 4.68 Å². The van der Waals surface area contributed by atoms with Crippen LogP contribution in [0.2, 0.25) is 0 Å². The zero-order valence-corrected chi connectivity index (χ0v) is 9.48. The highest BCUT2D eigenvalue weighted by atomic mass is 16.4. The maximum Gasteiger partial charge on any atom is 0.354 e. The molecule has 3 heterocycles. The lowest BCUT2D eigenvalue weighted by Gasteiger charge is -1.97. The zero-order chi connectivity index (χ0) is 12.7. The van der Waals surface area contributed by atoms with Crippen molar-refractivity contribution in [3.05, 3.63) is 36.4 Å². The summed E-state index contributed by atoms with van der Waals surface area (Å²) in [6.45, 7) is 0. The molecule has 0 unspecified atom stereocenters. The second-order valence-corrected chi connectivity index (χ2v) is 3.82. The van der Waals surface area contributed by atoms with Crippen LogP contribution in [0.4, 0.5) is 0 Å². The molecule has 0 amide bonds. The average Bonchev–Trinajstić information content (AvgIpc) is 2.93. The van der Waals surface area contributed by atoms with Crippen molar-refractivity contribution in [1.82, 2.24) is 24.4 Å². The van der Waals surface area contributed by atoms with Crippen LogP contribution in [-0.4, -0.2) is 35.5 Å². The number of fused-ring (bicyclic) bond motifs is 1. The normalized spacial score (nSPS) is 10.9. The number of nitrogens with zero attached hydrogens (tertiary/aromatic N) is 5. The Morgan fingerprint density at radius 1 is 1.44 bits per heavy atom. The van der Waals surface area contributed by atoms with Crippen molar-refractivity contribution in [2.45, 2.75) is 0 Å². The fourth-order valence-electron chi connectivity index (χ4n) is 1.75. The highest BCUT2D eigenvalue weighted by Gasteiger charge is 2.13. The van der Waals surface area contributed by atoms with Crippen LogP contribution >= 0.6 is 0 Å². The Bertz CT molecular complexity index is 743. The Labute approximate surface area is 101 Å². The molecule has 7 nitrogen and oxygen atoms in total. The van der Waals surface area contributed by atoms with E-state index in [2.05, 4.69) is 15.2 Å². The van der Waals surface area contributed by atoms with Gasteiger partial charge in [0, 0.05) is 31.1 Å². The van der Waals surface area contributed by atoms with E-state index in [0.717, 1.165) is 5.65 Å². The topological polar surface area (TPSA) is 85.3 Å². The van der Waals surface area contributed by atoms with Gasteiger partial charge in [0.05, 0.1) is 11.9 Å². The first kappa shape index (κ1) is 10.5. The van der Waals surface area contributed by atoms with Crippen LogP contribution in [-0.2, 0) is 7.05 Å². The van der Waals surface area contributed by atoms with Crippen molar-refractivity contribution in [1.29, 1.82) is 0 Å². The Hall–Kier alpha value is -2.70. The molecule has 0 bridgehead atoms. The maximum atomic E-state index is 10.9. The van der Waals surface area contributed by atoms with Gasteiger partial charge in [-0.15, -0.1) is 0 Å². The largest absolute Gasteiger partial charge is 0.477 e. The molecule has 0 fully saturated rings. The van der Waals surface area contributed by atoms with Crippen molar-refractivity contribution in [2.24, 2.45) is 7.05 Å². The van der Waals surface area contributed by atoms with Crippen molar-refractivity contribution in [3.63, 3.8) is 0 Å². The molecule has 0 atom stereocenters. The summed E-state index contributed by atoms with van der Waals surface area (Å²) in [5, 5.41) is 17.2. The number of carboxylic acids is 1. The summed E-state index contributed by atoms with van der Waals surface area (Å²) in [7, 11) is 1.59. The van der Waals surface area contributed by atoms with Gasteiger partial charge in [-0.1, -0.05) is 0 Å². The molecule has 3 aromatic rings. The summed E-state index contributed by atoms with van der Waals surface area (Å²) >= 11 is 0. The maximum absolute atomic E-state index is 10.9. The Morgan fingerprint density at radius 3 is 3.00 bits per heavy atom. The molecule has 0 spiro atoms. The number of hydrogen-bond donors (Lipinski definition) is 1. The fraction of sp³-hybridized carbons (Fsp3) is 0.0909. The van der Waals surface area contributed by atoms with Crippen molar-refractivity contribution < 1.29 is 9.90 Å². The van der Waals surface area contributed by atoms with E-state index >= 15 is 0 Å². The first-order chi connectivity index (χ1) is 8.65. The first-order valence-corrected chi connectivity index (χ1v) is 5.22. The summed E-state index contributed by atoms with van der Waals surface area (Å²) in [5.41, 5.74) is 2.13. The lowest BCUT2D eigenvalue weighted by molar-refractivity contribution is 0.0685. The third-order valence-corrected chi connectivity index (χ3v) is 2.64. The van der Waals surface area contributed by atoms with Crippen molar-refractivity contribution >= 4 is 11.6 Å². The summed E-state index contributed by atoms with van der Waals surface area (Å²) in [6, 6.07) is 3.29. The fourth-order valence-corrected chi connectivity index (χ4v) is 1.75. The molecule has 1 N–H and O–H groups in total. The van der Waals surface area contributed by atoms with E-state index in [1.165, 1.54) is 10.7 Å². The number of carboxylic acid groups (broad SMARTS) is 1. The highest BCUT2D eigenvalue weighted by Crippen LogP contribution is 2.18. The summed E-state index contributed by atoms with van der Waals surface area (Å²) in [6.07, 6.45) is 5.05. The lowest BCUT2D eigenvalue weighted by Crippen LogP contribution is -2.04. The molecular formula is C11H9N5O2. The van der Waals surface area contributed by atoms with Crippen molar-refractivity contribution in [3.8, 4) is 11.3 Å². The van der Waals surface area contributed by atoms with E-state index in [0.29, 0.717) is 11.3 Å². The van der Waals surface area contributed by atoms with E-state index < -0.39 is 5.97 Å². The number of rotatable bonds is 2. The third-order valence-electron chi connectivity index (χ3n) is 2.64. The van der Waals surface area contributed by atoms with Gasteiger partial charge in [-0.2, -0.15) is 10.2 Å². The van der Waals surface area contributed by atoms with Crippen LogP contribution in [0.3, 0.4) is 0 Å². The monoisotopic (exact) mass is 243 g/mol. The summed E-state index contributed by atoms with van der Waals surface area (Å²) in [5.74, 6) is -1.01. The molecule has 0 saturated carbocycles. The highest BCUT2D eigenvalue weighted by molar-refractivity contribution is 5.87. The standard InChI is InChI=1S/C11H9N5O2/c1-15-9(11(17)18)4-8(14-15)7-5-12-10-2-3-13-16(10)6-7/h2-6H,1H3,(H,17,18). The van der Waals surface area contributed by atoms with Crippen LogP contribution in [0.15, 0.2) is 30.7 Å². The van der Waals surface area contributed by atoms with E-state index in [4.69, 9.17) is 5.11 Å². The van der Waals surface area contributed by atoms with Gasteiger partial charge in [-0.25, -0.2) is 14.3 Å². The molecule has 0 aromatic carbocycles. The van der Waals surface area contributed by atoms with E-state index in [-0.39, 0.29) is 5.69 Å². The molecule has 18 heavy (non-hydrogen) atoms. The minimum atomic E-state index is -1.01. The summed E-state index contributed by atoms with van der Waals surface area (Å²) < 4.78 is 2.94. The number of aromatic carboxylic acids is 1. The van der Waals surface area contributed by atoms with Crippen LogP contribution in [0, 0.1) is 0 Å². The smallest absolute Gasteiger partial charge is 0.354 e. The zero-order valence-electron chi connectivity index (χ0n) is 9.48. The molecule has 90 valence electrons. The van der Waals surface area contributed by atoms with E-state index in [1.807, 2.05) is 0 Å². The number of carbonyl (C=O) groups is 1. The third kappa shape index (κ3) is 1.53. The molecule has 0 radical (unpaired) electrons. The predicted molar refractivity (Wildman–Crippen MR) is 62.1 cm³/mol. The molecule has 0 aliphatic rings. The predicted octanol–water partition coefficient (Wildman–Crippen LogP) is 0.828. The quantitative estimate of drug-likeness (QED) is 0.720. The second-order valence-electron chi connectivity index (χ2n) is 3.82. The van der Waals surface area contributed by atoms with Crippen LogP contribution in [0.5, 0.6) is 0 Å². The van der Waals surface area contributed by atoms with Crippen molar-refractivity contribution in [2.75, 3.05) is 0 Å².